The Kier molecular flexibility index (Phi) is 6.47. The van der Waals surface area contributed by atoms with Gasteiger partial charge in [0.25, 0.3) is 21.6 Å². The van der Waals surface area contributed by atoms with Gasteiger partial charge in [0.05, 0.1) is 37.4 Å². The number of amides is 1. The smallest absolute Gasteiger partial charge is 0.270 e. The van der Waals surface area contributed by atoms with Crippen LogP contribution < -0.4 is 10.1 Å². The standard InChI is InChI=1S/C17H19N3O7S2/c1-26-15-4-2-12(20(22)23)10-14(15)17(21)18-11-13-3-5-16(28-13)29(24,25)19-6-8-27-9-7-19/h2-5,10H,6-9,11H2,1H3,(H,18,21). The Bertz CT molecular complexity index is 1010. The van der Waals surface area contributed by atoms with Gasteiger partial charge in [0.15, 0.2) is 0 Å². The molecule has 1 fully saturated rings. The van der Waals surface area contributed by atoms with E-state index in [4.69, 9.17) is 9.47 Å². The number of benzene rings is 1. The second kappa shape index (κ2) is 8.86. The van der Waals surface area contributed by atoms with Crippen molar-refractivity contribution >= 4 is 33.0 Å². The molecule has 1 aliphatic heterocycles. The molecule has 1 saturated heterocycles. The first-order chi connectivity index (χ1) is 13.8. The van der Waals surface area contributed by atoms with E-state index in [2.05, 4.69) is 5.32 Å². The van der Waals surface area contributed by atoms with Crippen LogP contribution in [0.25, 0.3) is 0 Å². The molecule has 2 heterocycles. The Morgan fingerprint density at radius 3 is 2.69 bits per heavy atom. The van der Waals surface area contributed by atoms with Gasteiger partial charge in [0.2, 0.25) is 0 Å². The lowest BCUT2D eigenvalue weighted by Crippen LogP contribution is -2.40. The number of nitrogens with zero attached hydrogens (tertiary/aromatic N) is 2. The molecule has 156 valence electrons. The number of hydrogen-bond donors (Lipinski definition) is 1. The van der Waals surface area contributed by atoms with Gasteiger partial charge in [-0.15, -0.1) is 11.3 Å². The van der Waals surface area contributed by atoms with Crippen LogP contribution in [-0.2, 0) is 21.3 Å². The van der Waals surface area contributed by atoms with Gasteiger partial charge < -0.3 is 14.8 Å². The summed E-state index contributed by atoms with van der Waals surface area (Å²) in [6, 6.07) is 6.87. The van der Waals surface area contributed by atoms with Crippen LogP contribution in [-0.4, -0.2) is 57.0 Å². The van der Waals surface area contributed by atoms with Crippen molar-refractivity contribution in [2.24, 2.45) is 0 Å². The Morgan fingerprint density at radius 2 is 2.03 bits per heavy atom. The fourth-order valence-corrected chi connectivity index (χ4v) is 5.61. The third-order valence-electron chi connectivity index (χ3n) is 4.26. The molecule has 1 N–H and O–H groups in total. The molecule has 0 bridgehead atoms. The van der Waals surface area contributed by atoms with E-state index in [1.54, 1.807) is 6.07 Å². The zero-order valence-corrected chi connectivity index (χ0v) is 17.1. The maximum atomic E-state index is 12.7. The quantitative estimate of drug-likeness (QED) is 0.511. The van der Waals surface area contributed by atoms with Crippen molar-refractivity contribution in [2.45, 2.75) is 10.8 Å². The molecule has 1 aliphatic rings. The van der Waals surface area contributed by atoms with Crippen LogP contribution >= 0.6 is 11.3 Å². The second-order valence-corrected chi connectivity index (χ2v) is 9.39. The summed E-state index contributed by atoms with van der Waals surface area (Å²) >= 11 is 1.06. The summed E-state index contributed by atoms with van der Waals surface area (Å²) in [6.45, 7) is 1.41. The molecule has 12 heteroatoms. The summed E-state index contributed by atoms with van der Waals surface area (Å²) in [6.07, 6.45) is 0. The first-order valence-corrected chi connectivity index (χ1v) is 10.9. The number of morpholine rings is 1. The van der Waals surface area contributed by atoms with E-state index in [9.17, 15) is 23.3 Å². The zero-order valence-electron chi connectivity index (χ0n) is 15.5. The Morgan fingerprint density at radius 1 is 1.31 bits per heavy atom. The van der Waals surface area contributed by atoms with Crippen molar-refractivity contribution in [2.75, 3.05) is 33.4 Å². The maximum Gasteiger partial charge on any atom is 0.270 e. The molecule has 0 saturated carbocycles. The average molecular weight is 441 g/mol. The van der Waals surface area contributed by atoms with E-state index < -0.39 is 20.9 Å². The molecule has 0 unspecified atom stereocenters. The molecule has 1 amide bonds. The number of sulfonamides is 1. The summed E-state index contributed by atoms with van der Waals surface area (Å²) in [5.74, 6) is -0.355. The minimum absolute atomic E-state index is 0.0272. The lowest BCUT2D eigenvalue weighted by atomic mass is 10.1. The number of methoxy groups -OCH3 is 1. The van der Waals surface area contributed by atoms with Crippen LogP contribution in [0.4, 0.5) is 5.69 Å². The van der Waals surface area contributed by atoms with Crippen LogP contribution in [0.5, 0.6) is 5.75 Å². The van der Waals surface area contributed by atoms with E-state index >= 15 is 0 Å². The Labute approximate surface area is 171 Å². The molecule has 0 spiro atoms. The van der Waals surface area contributed by atoms with Gasteiger partial charge in [-0.25, -0.2) is 8.42 Å². The predicted molar refractivity (Wildman–Crippen MR) is 105 cm³/mol. The number of non-ortho nitro benzene ring substituents is 1. The molecule has 0 radical (unpaired) electrons. The molecule has 29 heavy (non-hydrogen) atoms. The van der Waals surface area contributed by atoms with Gasteiger partial charge in [-0.3, -0.25) is 14.9 Å². The minimum Gasteiger partial charge on any atom is -0.496 e. The highest BCUT2D eigenvalue weighted by Gasteiger charge is 2.27. The highest BCUT2D eigenvalue weighted by Crippen LogP contribution is 2.27. The molecular formula is C17H19N3O7S2. The van der Waals surface area contributed by atoms with Crippen LogP contribution in [0.1, 0.15) is 15.2 Å². The molecule has 2 aromatic rings. The number of carbonyl (C=O) groups excluding carboxylic acids is 1. The van der Waals surface area contributed by atoms with Crippen molar-refractivity contribution in [3.05, 3.63) is 50.9 Å². The lowest BCUT2D eigenvalue weighted by molar-refractivity contribution is -0.384. The van der Waals surface area contributed by atoms with Crippen molar-refractivity contribution in [3.63, 3.8) is 0 Å². The average Bonchev–Trinajstić information content (AvgIpc) is 3.22. The number of nitro groups is 1. The van der Waals surface area contributed by atoms with E-state index in [-0.39, 0.29) is 27.8 Å². The van der Waals surface area contributed by atoms with E-state index in [0.29, 0.717) is 31.2 Å². The van der Waals surface area contributed by atoms with Gasteiger partial charge in [-0.05, 0) is 18.2 Å². The summed E-state index contributed by atoms with van der Waals surface area (Å²) in [4.78, 5) is 23.5. The van der Waals surface area contributed by atoms with Crippen molar-refractivity contribution in [1.82, 2.24) is 9.62 Å². The first kappa shape index (κ1) is 21.2. The fourth-order valence-electron chi connectivity index (χ4n) is 2.76. The second-order valence-electron chi connectivity index (χ2n) is 6.06. The monoisotopic (exact) mass is 441 g/mol. The third-order valence-corrected chi connectivity index (χ3v) is 7.71. The van der Waals surface area contributed by atoms with Crippen LogP contribution in [0.2, 0.25) is 0 Å². The number of hydrogen-bond acceptors (Lipinski definition) is 8. The highest BCUT2D eigenvalue weighted by molar-refractivity contribution is 7.91. The summed E-state index contributed by atoms with van der Waals surface area (Å²) < 4.78 is 37.2. The molecule has 1 aromatic heterocycles. The third kappa shape index (κ3) is 4.72. The molecule has 3 rings (SSSR count). The van der Waals surface area contributed by atoms with Gasteiger partial charge in [-0.1, -0.05) is 0 Å². The van der Waals surface area contributed by atoms with Crippen molar-refractivity contribution in [3.8, 4) is 5.75 Å². The van der Waals surface area contributed by atoms with Gasteiger partial charge in [-0.2, -0.15) is 4.31 Å². The Balaban J connectivity index is 1.70. The van der Waals surface area contributed by atoms with Crippen LogP contribution in [0, 0.1) is 10.1 Å². The molecule has 0 aliphatic carbocycles. The lowest BCUT2D eigenvalue weighted by Gasteiger charge is -2.25. The maximum absolute atomic E-state index is 12.7. The first-order valence-electron chi connectivity index (χ1n) is 8.60. The van der Waals surface area contributed by atoms with Gasteiger partial charge in [0, 0.05) is 30.1 Å². The molecule has 0 atom stereocenters. The number of nitro benzene ring substituents is 1. The van der Waals surface area contributed by atoms with Gasteiger partial charge in [0.1, 0.15) is 9.96 Å². The molecule has 1 aromatic carbocycles. The summed E-state index contributed by atoms with van der Waals surface area (Å²) in [5, 5.41) is 13.6. The number of rotatable bonds is 7. The topological polar surface area (TPSA) is 128 Å². The zero-order chi connectivity index (χ0) is 21.0. The molecule has 10 nitrogen and oxygen atoms in total. The number of ether oxygens (including phenoxy) is 2. The predicted octanol–water partition coefficient (Wildman–Crippen LogP) is 1.62. The van der Waals surface area contributed by atoms with Gasteiger partial charge >= 0.3 is 0 Å². The number of nitrogens with one attached hydrogen (secondary N) is 1. The summed E-state index contributed by atoms with van der Waals surface area (Å²) in [7, 11) is -2.23. The minimum atomic E-state index is -3.59. The Hall–Kier alpha value is -2.54. The van der Waals surface area contributed by atoms with Crippen molar-refractivity contribution in [1.29, 1.82) is 0 Å². The van der Waals surface area contributed by atoms with E-state index in [1.165, 1.54) is 29.6 Å². The molecular weight excluding hydrogens is 422 g/mol. The number of carbonyl (C=O) groups is 1. The van der Waals surface area contributed by atoms with E-state index in [1.807, 2.05) is 0 Å². The SMILES string of the molecule is COc1ccc([N+](=O)[O-])cc1C(=O)NCc1ccc(S(=O)(=O)N2CCOCC2)s1. The largest absolute Gasteiger partial charge is 0.496 e. The van der Waals surface area contributed by atoms with Crippen LogP contribution in [0.15, 0.2) is 34.5 Å². The fraction of sp³-hybridized carbons (Fsp3) is 0.353. The normalized spacial score (nSPS) is 15.1. The van der Waals surface area contributed by atoms with Crippen LogP contribution in [0.3, 0.4) is 0 Å². The summed E-state index contributed by atoms with van der Waals surface area (Å²) in [5.41, 5.74) is -0.203. The van der Waals surface area contributed by atoms with Crippen molar-refractivity contribution < 1.29 is 27.6 Å². The highest BCUT2D eigenvalue weighted by atomic mass is 32.2. The van der Waals surface area contributed by atoms with E-state index in [0.717, 1.165) is 17.4 Å². The number of thiophene rings is 1.